The molecule has 0 saturated heterocycles. The molecule has 0 aromatic carbocycles. The lowest BCUT2D eigenvalue weighted by atomic mass is 9.88. The lowest BCUT2D eigenvalue weighted by Gasteiger charge is -2.28. The van der Waals surface area contributed by atoms with Gasteiger partial charge >= 0.3 is 0 Å². The summed E-state index contributed by atoms with van der Waals surface area (Å²) in [7, 11) is 0. The Hall–Kier alpha value is -2.37. The molecule has 1 saturated carbocycles. The molecule has 4 rings (SSSR count). The molecule has 6 nitrogen and oxygen atoms in total. The second-order valence-corrected chi connectivity index (χ2v) is 6.46. The van der Waals surface area contributed by atoms with Crippen LogP contribution in [0.2, 0.25) is 0 Å². The summed E-state index contributed by atoms with van der Waals surface area (Å²) >= 11 is 0. The molecule has 23 heavy (non-hydrogen) atoms. The van der Waals surface area contributed by atoms with Gasteiger partial charge in [0.25, 0.3) is 5.56 Å². The lowest BCUT2D eigenvalue weighted by molar-refractivity contribution is -0.116. The number of anilines is 1. The van der Waals surface area contributed by atoms with E-state index in [1.807, 2.05) is 16.8 Å². The van der Waals surface area contributed by atoms with Gasteiger partial charge in [0.1, 0.15) is 5.82 Å². The van der Waals surface area contributed by atoms with Gasteiger partial charge in [-0.2, -0.15) is 0 Å². The van der Waals surface area contributed by atoms with E-state index in [4.69, 9.17) is 0 Å². The second-order valence-electron chi connectivity index (χ2n) is 6.46. The summed E-state index contributed by atoms with van der Waals surface area (Å²) in [6.07, 6.45) is 9.40. The number of carbonyl (C=O) groups is 1. The molecule has 0 spiro atoms. The van der Waals surface area contributed by atoms with Crippen molar-refractivity contribution < 1.29 is 4.79 Å². The molecule has 2 aromatic rings. The van der Waals surface area contributed by atoms with Crippen LogP contribution in [-0.4, -0.2) is 20.7 Å². The van der Waals surface area contributed by atoms with Crippen LogP contribution in [0.4, 0.5) is 5.82 Å². The number of nitrogens with one attached hydrogen (secondary N) is 2. The monoisotopic (exact) mass is 312 g/mol. The number of hydrogen-bond donors (Lipinski definition) is 2. The van der Waals surface area contributed by atoms with Gasteiger partial charge in [0.2, 0.25) is 5.91 Å². The first-order valence-electron chi connectivity index (χ1n) is 8.28. The van der Waals surface area contributed by atoms with Gasteiger partial charge in [0.05, 0.1) is 11.6 Å². The zero-order valence-corrected chi connectivity index (χ0v) is 12.9. The van der Waals surface area contributed by atoms with Crippen molar-refractivity contribution in [3.8, 4) is 0 Å². The molecule has 2 N–H and O–H groups in total. The number of aromatic nitrogens is 3. The van der Waals surface area contributed by atoms with Gasteiger partial charge < -0.3 is 5.32 Å². The normalized spacial score (nSPS) is 21.7. The first kappa shape index (κ1) is 14.2. The molecular weight excluding hydrogens is 292 g/mol. The van der Waals surface area contributed by atoms with Crippen LogP contribution in [0, 0.1) is 0 Å². The molecule has 1 fully saturated rings. The molecule has 1 atom stereocenters. The average Bonchev–Trinajstić information content (AvgIpc) is 2.92. The molecule has 1 amide bonds. The van der Waals surface area contributed by atoms with E-state index in [9.17, 15) is 9.59 Å². The number of fused-ring (bicyclic) bond motifs is 1. The lowest BCUT2D eigenvalue weighted by Crippen LogP contribution is -2.27. The molecule has 1 unspecified atom stereocenters. The van der Waals surface area contributed by atoms with Crippen LogP contribution in [0.1, 0.15) is 61.6 Å². The number of rotatable bonds is 2. The van der Waals surface area contributed by atoms with Crippen molar-refractivity contribution in [2.24, 2.45) is 0 Å². The van der Waals surface area contributed by atoms with E-state index in [-0.39, 0.29) is 29.8 Å². The maximum atomic E-state index is 12.6. The van der Waals surface area contributed by atoms with E-state index in [0.29, 0.717) is 11.4 Å². The Kier molecular flexibility index (Phi) is 3.52. The third-order valence-corrected chi connectivity index (χ3v) is 4.99. The SMILES string of the molecule is O=C1CC(c2cccnc2)c2c(n(C3CCCCC3)[nH]c2=O)N1. The summed E-state index contributed by atoms with van der Waals surface area (Å²) in [5, 5.41) is 5.89. The summed E-state index contributed by atoms with van der Waals surface area (Å²) < 4.78 is 1.90. The van der Waals surface area contributed by atoms with Gasteiger partial charge in [-0.25, -0.2) is 0 Å². The molecule has 1 aliphatic heterocycles. The molecule has 1 aliphatic carbocycles. The maximum absolute atomic E-state index is 12.6. The van der Waals surface area contributed by atoms with E-state index in [1.54, 1.807) is 12.4 Å². The highest BCUT2D eigenvalue weighted by atomic mass is 16.2. The van der Waals surface area contributed by atoms with Gasteiger partial charge in [-0.15, -0.1) is 0 Å². The number of nitrogens with zero attached hydrogens (tertiary/aromatic N) is 2. The third-order valence-electron chi connectivity index (χ3n) is 4.99. The summed E-state index contributed by atoms with van der Waals surface area (Å²) in [5.74, 6) is 0.392. The Morgan fingerprint density at radius 1 is 1.17 bits per heavy atom. The topological polar surface area (TPSA) is 79.8 Å². The highest BCUT2D eigenvalue weighted by Gasteiger charge is 2.34. The summed E-state index contributed by atoms with van der Waals surface area (Å²) in [6.45, 7) is 0. The molecule has 3 heterocycles. The second kappa shape index (κ2) is 5.68. The van der Waals surface area contributed by atoms with Crippen LogP contribution in [0.5, 0.6) is 0 Å². The largest absolute Gasteiger partial charge is 0.311 e. The number of hydrogen-bond acceptors (Lipinski definition) is 3. The standard InChI is InChI=1S/C17H20N4O2/c22-14-9-13(11-5-4-8-18-10-11)15-16(19-14)21(20-17(15)23)12-6-2-1-3-7-12/h4-5,8,10,12-13H,1-3,6-7,9H2,(H,19,22)(H,20,23). The zero-order chi connectivity index (χ0) is 15.8. The highest BCUT2D eigenvalue weighted by molar-refractivity contribution is 5.94. The number of aromatic amines is 1. The van der Waals surface area contributed by atoms with Crippen molar-refractivity contribution in [3.05, 3.63) is 46.0 Å². The molecule has 0 bridgehead atoms. The minimum Gasteiger partial charge on any atom is -0.311 e. The fraction of sp³-hybridized carbons (Fsp3) is 0.471. The predicted octanol–water partition coefficient (Wildman–Crippen LogP) is 2.55. The highest BCUT2D eigenvalue weighted by Crippen LogP contribution is 2.38. The van der Waals surface area contributed by atoms with E-state index in [0.717, 1.165) is 18.4 Å². The smallest absolute Gasteiger partial charge is 0.270 e. The number of carbonyl (C=O) groups excluding carboxylic acids is 1. The molecule has 120 valence electrons. The quantitative estimate of drug-likeness (QED) is 0.894. The first-order valence-corrected chi connectivity index (χ1v) is 8.28. The first-order chi connectivity index (χ1) is 11.2. The van der Waals surface area contributed by atoms with Crippen LogP contribution in [0.3, 0.4) is 0 Å². The van der Waals surface area contributed by atoms with Crippen molar-refractivity contribution in [3.63, 3.8) is 0 Å². The molecule has 0 radical (unpaired) electrons. The minimum atomic E-state index is -0.221. The number of pyridine rings is 1. The van der Waals surface area contributed by atoms with Gasteiger partial charge in [0.15, 0.2) is 0 Å². The molecule has 6 heteroatoms. The maximum Gasteiger partial charge on any atom is 0.270 e. The summed E-state index contributed by atoms with van der Waals surface area (Å²) in [4.78, 5) is 28.9. The predicted molar refractivity (Wildman–Crippen MR) is 86.5 cm³/mol. The fourth-order valence-corrected chi connectivity index (χ4v) is 3.86. The van der Waals surface area contributed by atoms with Crippen LogP contribution in [0.15, 0.2) is 29.3 Å². The average molecular weight is 312 g/mol. The van der Waals surface area contributed by atoms with Gasteiger partial charge in [0, 0.05) is 24.7 Å². The minimum absolute atomic E-state index is 0.0464. The summed E-state index contributed by atoms with van der Waals surface area (Å²) in [6, 6.07) is 4.04. The van der Waals surface area contributed by atoms with E-state index >= 15 is 0 Å². The van der Waals surface area contributed by atoms with Gasteiger partial charge in [-0.1, -0.05) is 25.3 Å². The molecular formula is C17H20N4O2. The van der Waals surface area contributed by atoms with Crippen molar-refractivity contribution in [2.45, 2.75) is 50.5 Å². The Morgan fingerprint density at radius 2 is 2.00 bits per heavy atom. The number of amides is 1. The Morgan fingerprint density at radius 3 is 2.74 bits per heavy atom. The zero-order valence-electron chi connectivity index (χ0n) is 12.9. The van der Waals surface area contributed by atoms with E-state index in [1.165, 1.54) is 19.3 Å². The summed E-state index contributed by atoms with van der Waals surface area (Å²) in [5.41, 5.74) is 1.48. The third kappa shape index (κ3) is 2.48. The van der Waals surface area contributed by atoms with Crippen molar-refractivity contribution >= 4 is 11.7 Å². The Labute approximate surface area is 133 Å². The van der Waals surface area contributed by atoms with Gasteiger partial charge in [-0.05, 0) is 24.5 Å². The van der Waals surface area contributed by atoms with Crippen molar-refractivity contribution in [1.29, 1.82) is 0 Å². The molecule has 2 aliphatic rings. The fourth-order valence-electron chi connectivity index (χ4n) is 3.86. The van der Waals surface area contributed by atoms with Crippen LogP contribution in [-0.2, 0) is 4.79 Å². The van der Waals surface area contributed by atoms with Crippen LogP contribution in [0.25, 0.3) is 0 Å². The van der Waals surface area contributed by atoms with E-state index < -0.39 is 0 Å². The van der Waals surface area contributed by atoms with Crippen molar-refractivity contribution in [1.82, 2.24) is 14.8 Å². The molecule has 2 aromatic heterocycles. The number of H-pyrrole nitrogens is 1. The van der Waals surface area contributed by atoms with E-state index in [2.05, 4.69) is 15.4 Å². The Bertz CT molecular complexity index is 772. The van der Waals surface area contributed by atoms with Crippen molar-refractivity contribution in [2.75, 3.05) is 5.32 Å². The van der Waals surface area contributed by atoms with Crippen LogP contribution < -0.4 is 10.9 Å². The Balaban J connectivity index is 1.80. The van der Waals surface area contributed by atoms with Crippen LogP contribution >= 0.6 is 0 Å². The van der Waals surface area contributed by atoms with Gasteiger partial charge in [-0.3, -0.25) is 24.4 Å².